The van der Waals surface area contributed by atoms with Crippen LogP contribution in [-0.4, -0.2) is 67.8 Å². The molecule has 1 heterocycles. The molecule has 0 spiro atoms. The summed E-state index contributed by atoms with van der Waals surface area (Å²) in [5.74, 6) is 0.715. The first kappa shape index (κ1) is 25.0. The minimum Gasteiger partial charge on any atom is -0.377 e. The Morgan fingerprint density at radius 1 is 1.14 bits per heavy atom. The molecule has 2 rings (SSSR count). The molecule has 5 nitrogen and oxygen atoms in total. The molecule has 0 amide bonds. The van der Waals surface area contributed by atoms with Gasteiger partial charge in [-0.2, -0.15) is 13.2 Å². The van der Waals surface area contributed by atoms with Gasteiger partial charge in [0.1, 0.15) is 6.04 Å². The first-order chi connectivity index (χ1) is 12.8. The third-order valence-corrected chi connectivity index (χ3v) is 4.79. The number of aliphatic imine (C=N–C) groups is 1. The predicted octanol–water partition coefficient (Wildman–Crippen LogP) is 3.48. The second-order valence-electron chi connectivity index (χ2n) is 6.60. The van der Waals surface area contributed by atoms with Crippen LogP contribution >= 0.6 is 24.0 Å². The van der Waals surface area contributed by atoms with E-state index in [9.17, 15) is 13.2 Å². The Hall–Kier alpha value is -1.07. The van der Waals surface area contributed by atoms with Gasteiger partial charge < -0.3 is 15.0 Å². The van der Waals surface area contributed by atoms with Crippen LogP contribution in [0.1, 0.15) is 25.0 Å². The second-order valence-corrected chi connectivity index (χ2v) is 6.60. The largest absolute Gasteiger partial charge is 0.403 e. The summed E-state index contributed by atoms with van der Waals surface area (Å²) in [6, 6.07) is 6.74. The Morgan fingerprint density at radius 3 is 2.21 bits per heavy atom. The Kier molecular flexibility index (Phi) is 10.5. The topological polar surface area (TPSA) is 40.1 Å². The average molecular weight is 514 g/mol. The van der Waals surface area contributed by atoms with Crippen LogP contribution in [0.5, 0.6) is 0 Å². The van der Waals surface area contributed by atoms with Crippen molar-refractivity contribution in [1.29, 1.82) is 0 Å². The fourth-order valence-corrected chi connectivity index (χ4v) is 3.01. The molecule has 0 bridgehead atoms. The maximum Gasteiger partial charge on any atom is 0.403 e. The molecule has 1 aromatic carbocycles. The minimum absolute atomic E-state index is 0. The number of rotatable bonds is 6. The minimum atomic E-state index is -4.18. The summed E-state index contributed by atoms with van der Waals surface area (Å²) < 4.78 is 44.0. The number of benzene rings is 1. The van der Waals surface area contributed by atoms with Gasteiger partial charge in [-0.05, 0) is 25.0 Å². The molecule has 1 atom stereocenters. The summed E-state index contributed by atoms with van der Waals surface area (Å²) in [4.78, 5) is 7.75. The van der Waals surface area contributed by atoms with Crippen LogP contribution < -0.4 is 5.32 Å². The normalized spacial score (nSPS) is 17.2. The Balaban J connectivity index is 0.00000392. The molecule has 1 N–H and O–H groups in total. The smallest absolute Gasteiger partial charge is 0.377 e. The lowest BCUT2D eigenvalue weighted by molar-refractivity contribution is -0.181. The fourth-order valence-electron chi connectivity index (χ4n) is 3.01. The van der Waals surface area contributed by atoms with E-state index < -0.39 is 12.2 Å². The van der Waals surface area contributed by atoms with Crippen LogP contribution in [0.4, 0.5) is 13.2 Å². The van der Waals surface area contributed by atoms with Gasteiger partial charge in [-0.15, -0.1) is 24.0 Å². The zero-order valence-electron chi connectivity index (χ0n) is 16.6. The average Bonchev–Trinajstić information content (AvgIpc) is 2.67. The quantitative estimate of drug-likeness (QED) is 0.359. The van der Waals surface area contributed by atoms with Crippen molar-refractivity contribution in [2.75, 3.05) is 39.8 Å². The van der Waals surface area contributed by atoms with Crippen LogP contribution in [-0.2, 0) is 17.9 Å². The number of nitrogens with one attached hydrogen (secondary N) is 1. The molecule has 160 valence electrons. The SMILES string of the molecule is CCOCc1ccc(CNC(=NC)N2CCN(C(C)C(F)(F)F)CC2)cc1.I. The summed E-state index contributed by atoms with van der Waals surface area (Å²) in [6.45, 7) is 6.87. The first-order valence-electron chi connectivity index (χ1n) is 9.27. The van der Waals surface area contributed by atoms with Crippen molar-refractivity contribution in [1.82, 2.24) is 15.1 Å². The third kappa shape index (κ3) is 7.40. The highest BCUT2D eigenvalue weighted by atomic mass is 127. The summed E-state index contributed by atoms with van der Waals surface area (Å²) in [6.07, 6.45) is -4.18. The number of alkyl halides is 3. The number of guanidine groups is 1. The molecule has 1 aliphatic heterocycles. The van der Waals surface area contributed by atoms with Crippen molar-refractivity contribution in [3.05, 3.63) is 35.4 Å². The summed E-state index contributed by atoms with van der Waals surface area (Å²) in [5, 5.41) is 3.30. The highest BCUT2D eigenvalue weighted by Crippen LogP contribution is 2.25. The second kappa shape index (κ2) is 11.8. The lowest BCUT2D eigenvalue weighted by Gasteiger charge is -2.39. The number of hydrogen-bond donors (Lipinski definition) is 1. The molecule has 0 saturated carbocycles. The maximum absolute atomic E-state index is 12.9. The van der Waals surface area contributed by atoms with Crippen LogP contribution in [0, 0.1) is 0 Å². The number of halogens is 4. The van der Waals surface area contributed by atoms with Gasteiger partial charge in [-0.1, -0.05) is 24.3 Å². The van der Waals surface area contributed by atoms with Gasteiger partial charge in [0.25, 0.3) is 0 Å². The van der Waals surface area contributed by atoms with Crippen molar-refractivity contribution in [3.8, 4) is 0 Å². The summed E-state index contributed by atoms with van der Waals surface area (Å²) in [7, 11) is 1.69. The van der Waals surface area contributed by atoms with E-state index in [2.05, 4.69) is 10.3 Å². The molecular weight excluding hydrogens is 484 g/mol. The zero-order chi connectivity index (χ0) is 19.9. The van der Waals surface area contributed by atoms with Gasteiger partial charge >= 0.3 is 6.18 Å². The van der Waals surface area contributed by atoms with Crippen molar-refractivity contribution in [2.24, 2.45) is 4.99 Å². The van der Waals surface area contributed by atoms with E-state index in [0.29, 0.717) is 51.9 Å². The molecule has 9 heteroatoms. The number of ether oxygens (including phenoxy) is 1. The Bertz CT molecular complexity index is 602. The summed E-state index contributed by atoms with van der Waals surface area (Å²) in [5.41, 5.74) is 2.24. The predicted molar refractivity (Wildman–Crippen MR) is 116 cm³/mol. The highest BCUT2D eigenvalue weighted by molar-refractivity contribution is 14.0. The molecule has 0 radical (unpaired) electrons. The summed E-state index contributed by atoms with van der Waals surface area (Å²) >= 11 is 0. The van der Waals surface area contributed by atoms with Crippen molar-refractivity contribution in [3.63, 3.8) is 0 Å². The van der Waals surface area contributed by atoms with Crippen molar-refractivity contribution in [2.45, 2.75) is 39.2 Å². The van der Waals surface area contributed by atoms with E-state index in [4.69, 9.17) is 4.74 Å². The van der Waals surface area contributed by atoms with Gasteiger partial charge in [0, 0.05) is 46.4 Å². The molecule has 1 aromatic rings. The Labute approximate surface area is 182 Å². The van der Waals surface area contributed by atoms with Gasteiger partial charge in [-0.25, -0.2) is 0 Å². The van der Waals surface area contributed by atoms with E-state index in [-0.39, 0.29) is 24.0 Å². The fraction of sp³-hybridized carbons (Fsp3) is 0.632. The third-order valence-electron chi connectivity index (χ3n) is 4.79. The van der Waals surface area contributed by atoms with E-state index in [1.54, 1.807) is 7.05 Å². The molecule has 1 aliphatic rings. The van der Waals surface area contributed by atoms with E-state index in [1.165, 1.54) is 11.8 Å². The molecule has 0 aliphatic carbocycles. The van der Waals surface area contributed by atoms with E-state index >= 15 is 0 Å². The molecule has 1 fully saturated rings. The van der Waals surface area contributed by atoms with Crippen molar-refractivity contribution < 1.29 is 17.9 Å². The molecule has 1 saturated heterocycles. The van der Waals surface area contributed by atoms with E-state index in [1.807, 2.05) is 36.1 Å². The molecule has 28 heavy (non-hydrogen) atoms. The molecule has 1 unspecified atom stereocenters. The van der Waals surface area contributed by atoms with Crippen LogP contribution in [0.15, 0.2) is 29.3 Å². The number of hydrogen-bond acceptors (Lipinski definition) is 3. The molecule has 0 aromatic heterocycles. The number of nitrogens with zero attached hydrogens (tertiary/aromatic N) is 3. The van der Waals surface area contributed by atoms with Gasteiger partial charge in [-0.3, -0.25) is 9.89 Å². The van der Waals surface area contributed by atoms with Crippen molar-refractivity contribution >= 4 is 29.9 Å². The van der Waals surface area contributed by atoms with Gasteiger partial charge in [0.05, 0.1) is 6.61 Å². The lowest BCUT2D eigenvalue weighted by atomic mass is 10.1. The van der Waals surface area contributed by atoms with Crippen LogP contribution in [0.3, 0.4) is 0 Å². The van der Waals surface area contributed by atoms with Crippen LogP contribution in [0.25, 0.3) is 0 Å². The zero-order valence-corrected chi connectivity index (χ0v) is 19.0. The first-order valence-corrected chi connectivity index (χ1v) is 9.27. The lowest BCUT2D eigenvalue weighted by Crippen LogP contribution is -2.56. The van der Waals surface area contributed by atoms with Crippen LogP contribution in [0.2, 0.25) is 0 Å². The van der Waals surface area contributed by atoms with E-state index in [0.717, 1.165) is 11.1 Å². The molecular formula is C19H30F3IN4O. The monoisotopic (exact) mass is 514 g/mol. The van der Waals surface area contributed by atoms with Gasteiger partial charge in [0.15, 0.2) is 5.96 Å². The maximum atomic E-state index is 12.9. The Morgan fingerprint density at radius 2 is 1.71 bits per heavy atom. The highest BCUT2D eigenvalue weighted by Gasteiger charge is 2.41. The van der Waals surface area contributed by atoms with Gasteiger partial charge in [0.2, 0.25) is 0 Å². The standard InChI is InChI=1S/C19H29F3N4O.HI/c1-4-27-14-17-7-5-16(6-8-17)13-24-18(23-3)26-11-9-25(10-12-26)15(2)19(20,21)22;/h5-8,15H,4,9-14H2,1-3H3,(H,23,24);1H. The number of piperazine rings is 1.